The largest absolute Gasteiger partial charge is 0.309 e. The van der Waals surface area contributed by atoms with Crippen LogP contribution in [0.1, 0.15) is 5.56 Å². The summed E-state index contributed by atoms with van der Waals surface area (Å²) in [5.41, 5.74) is 11.2. The maximum Gasteiger partial charge on any atom is 0.0992 e. The van der Waals surface area contributed by atoms with E-state index in [4.69, 9.17) is 0 Å². The van der Waals surface area contributed by atoms with Crippen LogP contribution < -0.4 is 0 Å². The number of nitrogens with zero attached hydrogens (tertiary/aromatic N) is 2. The second-order valence-corrected chi connectivity index (χ2v) is 14.0. The second kappa shape index (κ2) is 11.4. The molecule has 244 valence electrons. The van der Waals surface area contributed by atoms with Crippen molar-refractivity contribution in [2.75, 3.05) is 0 Å². The van der Waals surface area contributed by atoms with Gasteiger partial charge >= 0.3 is 0 Å². The molecule has 0 unspecified atom stereocenters. The van der Waals surface area contributed by atoms with Crippen molar-refractivity contribution in [2.24, 2.45) is 0 Å². The number of hydrogen-bond donors (Lipinski definition) is 0. The molecule has 0 aliphatic carbocycles. The molecule has 2 nitrogen and oxygen atoms in total. The number of nitriles is 1. The van der Waals surface area contributed by atoms with Crippen LogP contribution >= 0.6 is 0 Å². The minimum Gasteiger partial charge on any atom is -0.309 e. The van der Waals surface area contributed by atoms with Crippen molar-refractivity contribution in [3.63, 3.8) is 0 Å². The fraction of sp³-hybridized carbons (Fsp3) is 0. The SMILES string of the molecule is N#Cc1cc2ccc3cc(-c4ccc5c(-c6ccccc6)c6ccccc6c(-c6ccccc6)c5c4)cc4c3c2c(c1)n4-c1cccc2ccccc12. The lowest BCUT2D eigenvalue weighted by Crippen LogP contribution is -1.96. The molecular formula is C51H30N2. The van der Waals surface area contributed by atoms with Gasteiger partial charge in [-0.2, -0.15) is 5.26 Å². The number of rotatable bonds is 4. The highest BCUT2D eigenvalue weighted by atomic mass is 15.0. The van der Waals surface area contributed by atoms with Crippen molar-refractivity contribution in [3.05, 3.63) is 188 Å². The van der Waals surface area contributed by atoms with Gasteiger partial charge in [-0.05, 0) is 107 Å². The summed E-state index contributed by atoms with van der Waals surface area (Å²) in [5, 5.41) is 22.1. The number of fused-ring (bicyclic) bond motifs is 3. The average Bonchev–Trinajstić information content (AvgIpc) is 3.56. The molecule has 0 amide bonds. The quantitative estimate of drug-likeness (QED) is 0.135. The van der Waals surface area contributed by atoms with Crippen molar-refractivity contribution >= 4 is 64.9 Å². The Morgan fingerprint density at radius 3 is 1.62 bits per heavy atom. The second-order valence-electron chi connectivity index (χ2n) is 14.0. The third-order valence-corrected chi connectivity index (χ3v) is 11.1. The fourth-order valence-electron chi connectivity index (χ4n) is 8.85. The molecule has 11 rings (SSSR count). The van der Waals surface area contributed by atoms with E-state index < -0.39 is 0 Å². The highest BCUT2D eigenvalue weighted by Gasteiger charge is 2.22. The first-order chi connectivity index (χ1) is 26.2. The molecule has 0 aliphatic heterocycles. The molecule has 0 bridgehead atoms. The van der Waals surface area contributed by atoms with Gasteiger partial charge in [0.1, 0.15) is 0 Å². The molecule has 0 saturated heterocycles. The predicted octanol–water partition coefficient (Wildman–Crippen LogP) is 13.7. The van der Waals surface area contributed by atoms with Crippen LogP contribution in [0.15, 0.2) is 182 Å². The molecule has 0 radical (unpaired) electrons. The Kier molecular flexibility index (Phi) is 6.35. The minimum absolute atomic E-state index is 0.662. The average molecular weight is 671 g/mol. The van der Waals surface area contributed by atoms with Gasteiger partial charge in [-0.1, -0.05) is 146 Å². The summed E-state index contributed by atoms with van der Waals surface area (Å²) >= 11 is 0. The molecule has 11 aromatic rings. The van der Waals surface area contributed by atoms with Crippen LogP contribution in [0.25, 0.3) is 104 Å². The molecule has 2 heteroatoms. The summed E-state index contributed by atoms with van der Waals surface area (Å²) < 4.78 is 2.38. The van der Waals surface area contributed by atoms with E-state index in [1.807, 2.05) is 6.07 Å². The van der Waals surface area contributed by atoms with Crippen molar-refractivity contribution in [1.29, 1.82) is 5.26 Å². The van der Waals surface area contributed by atoms with Crippen molar-refractivity contribution in [1.82, 2.24) is 4.57 Å². The lowest BCUT2D eigenvalue weighted by molar-refractivity contribution is 1.20. The van der Waals surface area contributed by atoms with Crippen LogP contribution in [0.4, 0.5) is 0 Å². The third kappa shape index (κ3) is 4.38. The molecule has 1 heterocycles. The van der Waals surface area contributed by atoms with Crippen LogP contribution in [0.5, 0.6) is 0 Å². The summed E-state index contributed by atoms with van der Waals surface area (Å²) in [7, 11) is 0. The third-order valence-electron chi connectivity index (χ3n) is 11.1. The number of aromatic nitrogens is 1. The van der Waals surface area contributed by atoms with E-state index in [1.54, 1.807) is 0 Å². The van der Waals surface area contributed by atoms with Gasteiger partial charge in [0.25, 0.3) is 0 Å². The Balaban J connectivity index is 1.25. The standard InChI is InChI=1S/C51H30N2/c52-31-32-26-37-22-23-38-28-39(30-47-51(38)50(37)46(27-32)53(47)45-21-11-17-33-12-7-8-18-40(33)45)36-24-25-43-44(29-36)49(35-15-5-2-6-16-35)42-20-10-9-19-41(42)48(43)34-13-3-1-4-14-34/h1-30H. The van der Waals surface area contributed by atoms with Gasteiger partial charge in [0.05, 0.1) is 28.4 Å². The first-order valence-electron chi connectivity index (χ1n) is 18.1. The van der Waals surface area contributed by atoms with E-state index in [9.17, 15) is 5.26 Å². The van der Waals surface area contributed by atoms with Gasteiger partial charge in [-0.15, -0.1) is 0 Å². The Bertz CT molecular complexity index is 3270. The lowest BCUT2D eigenvalue weighted by atomic mass is 9.84. The van der Waals surface area contributed by atoms with E-state index in [0.717, 1.165) is 33.2 Å². The smallest absolute Gasteiger partial charge is 0.0992 e. The molecule has 0 spiro atoms. The van der Waals surface area contributed by atoms with Crippen molar-refractivity contribution in [3.8, 4) is 45.1 Å². The minimum atomic E-state index is 0.662. The van der Waals surface area contributed by atoms with Gasteiger partial charge in [-0.3, -0.25) is 0 Å². The topological polar surface area (TPSA) is 28.7 Å². The van der Waals surface area contributed by atoms with E-state index in [1.165, 1.54) is 70.7 Å². The Morgan fingerprint density at radius 2 is 0.925 bits per heavy atom. The van der Waals surface area contributed by atoms with Gasteiger partial charge in [0, 0.05) is 16.2 Å². The van der Waals surface area contributed by atoms with Gasteiger partial charge in [-0.25, -0.2) is 0 Å². The van der Waals surface area contributed by atoms with Crippen LogP contribution in [-0.4, -0.2) is 4.57 Å². The van der Waals surface area contributed by atoms with Gasteiger partial charge in [0.2, 0.25) is 0 Å². The normalized spacial score (nSPS) is 11.8. The maximum absolute atomic E-state index is 10.1. The first kappa shape index (κ1) is 29.5. The Morgan fingerprint density at radius 1 is 0.358 bits per heavy atom. The summed E-state index contributed by atoms with van der Waals surface area (Å²) in [6, 6.07) is 68.1. The van der Waals surface area contributed by atoms with E-state index in [-0.39, 0.29) is 0 Å². The fourth-order valence-corrected chi connectivity index (χ4v) is 8.85. The van der Waals surface area contributed by atoms with Crippen LogP contribution in [0, 0.1) is 11.3 Å². The van der Waals surface area contributed by atoms with E-state index in [0.29, 0.717) is 5.56 Å². The first-order valence-corrected chi connectivity index (χ1v) is 18.1. The summed E-state index contributed by atoms with van der Waals surface area (Å²) in [5.74, 6) is 0. The van der Waals surface area contributed by atoms with Crippen molar-refractivity contribution < 1.29 is 0 Å². The molecule has 0 fully saturated rings. The maximum atomic E-state index is 10.1. The zero-order valence-electron chi connectivity index (χ0n) is 28.7. The van der Waals surface area contributed by atoms with Crippen LogP contribution in [0.3, 0.4) is 0 Å². The molecule has 0 saturated carbocycles. The van der Waals surface area contributed by atoms with Crippen molar-refractivity contribution in [2.45, 2.75) is 0 Å². The predicted molar refractivity (Wildman–Crippen MR) is 223 cm³/mol. The Hall–Kier alpha value is -7.21. The molecule has 10 aromatic carbocycles. The van der Waals surface area contributed by atoms with Crippen LogP contribution in [-0.2, 0) is 0 Å². The number of benzene rings is 10. The lowest BCUT2D eigenvalue weighted by Gasteiger charge is -2.19. The highest BCUT2D eigenvalue weighted by molar-refractivity contribution is 6.26. The van der Waals surface area contributed by atoms with Gasteiger partial charge < -0.3 is 4.57 Å². The zero-order valence-corrected chi connectivity index (χ0v) is 28.7. The molecular weight excluding hydrogens is 641 g/mol. The van der Waals surface area contributed by atoms with E-state index in [2.05, 4.69) is 187 Å². The summed E-state index contributed by atoms with van der Waals surface area (Å²) in [6.45, 7) is 0. The van der Waals surface area contributed by atoms with E-state index >= 15 is 0 Å². The molecule has 53 heavy (non-hydrogen) atoms. The summed E-state index contributed by atoms with van der Waals surface area (Å²) in [4.78, 5) is 0. The molecule has 0 atom stereocenters. The number of hydrogen-bond acceptors (Lipinski definition) is 1. The monoisotopic (exact) mass is 670 g/mol. The zero-order chi connectivity index (χ0) is 35.0. The highest BCUT2D eigenvalue weighted by Crippen LogP contribution is 2.46. The Labute approximate surface area is 306 Å². The summed E-state index contributed by atoms with van der Waals surface area (Å²) in [6.07, 6.45) is 0. The van der Waals surface area contributed by atoms with Crippen LogP contribution in [0.2, 0.25) is 0 Å². The molecule has 1 aromatic heterocycles. The molecule has 0 N–H and O–H groups in total. The molecule has 0 aliphatic rings. The van der Waals surface area contributed by atoms with Gasteiger partial charge in [0.15, 0.2) is 0 Å².